The van der Waals surface area contributed by atoms with Gasteiger partial charge in [-0.1, -0.05) is 0 Å². The summed E-state index contributed by atoms with van der Waals surface area (Å²) in [5, 5.41) is 19.5. The Bertz CT molecular complexity index is 502. The van der Waals surface area contributed by atoms with Crippen LogP contribution in [0.25, 0.3) is 0 Å². The van der Waals surface area contributed by atoms with Gasteiger partial charge in [0.05, 0.1) is 12.0 Å². The van der Waals surface area contributed by atoms with Crippen molar-refractivity contribution in [3.63, 3.8) is 0 Å². The maximum atomic E-state index is 11.2. The lowest BCUT2D eigenvalue weighted by Gasteiger charge is -2.06. The van der Waals surface area contributed by atoms with Crippen LogP contribution in [0.5, 0.6) is 5.75 Å². The van der Waals surface area contributed by atoms with E-state index in [-0.39, 0.29) is 28.3 Å². The van der Waals surface area contributed by atoms with Crippen LogP contribution in [-0.4, -0.2) is 17.8 Å². The van der Waals surface area contributed by atoms with Crippen molar-refractivity contribution in [2.75, 3.05) is 7.11 Å². The Kier molecular flexibility index (Phi) is 3.20. The number of carbonyl (C=O) groups is 1. The molecule has 0 N–H and O–H groups in total. The van der Waals surface area contributed by atoms with Crippen LogP contribution in [0.3, 0.4) is 0 Å². The largest absolute Gasteiger partial charge is 0.489 e. The first-order chi connectivity index (χ1) is 7.52. The quantitative estimate of drug-likeness (QED) is 0.438. The average Bonchev–Trinajstić information content (AvgIpc) is 2.26. The summed E-state index contributed by atoms with van der Waals surface area (Å²) in [5.41, 5.74) is -0.321. The third kappa shape index (κ3) is 1.83. The highest BCUT2D eigenvalue weighted by atomic mass is 16.6. The molecule has 0 spiro atoms. The lowest BCUT2D eigenvalue weighted by atomic mass is 10.0. The van der Waals surface area contributed by atoms with E-state index in [1.54, 1.807) is 6.07 Å². The molecule has 0 amide bonds. The normalized spacial score (nSPS) is 9.31. The average molecular weight is 220 g/mol. The Morgan fingerprint density at radius 3 is 2.56 bits per heavy atom. The van der Waals surface area contributed by atoms with E-state index in [4.69, 9.17) is 10.00 Å². The highest BCUT2D eigenvalue weighted by molar-refractivity contribution is 5.98. The van der Waals surface area contributed by atoms with Crippen LogP contribution in [-0.2, 0) is 0 Å². The van der Waals surface area contributed by atoms with Gasteiger partial charge in [0.2, 0.25) is 5.75 Å². The fraction of sp³-hybridized carbons (Fsp3) is 0.200. The number of methoxy groups -OCH3 is 1. The van der Waals surface area contributed by atoms with Crippen molar-refractivity contribution in [1.82, 2.24) is 0 Å². The number of nitro benzene ring substituents is 1. The molecule has 16 heavy (non-hydrogen) atoms. The lowest BCUT2D eigenvalue weighted by Crippen LogP contribution is -2.02. The predicted octanol–water partition coefficient (Wildman–Crippen LogP) is 1.68. The SMILES string of the molecule is COc1c([N+](=O)[O-])ccc(C(C)=O)c1C#N. The van der Waals surface area contributed by atoms with Crippen LogP contribution in [0.4, 0.5) is 5.69 Å². The number of Topliss-reactive ketones (excluding diaryl/α,β-unsaturated/α-hetero) is 1. The number of nitro groups is 1. The maximum absolute atomic E-state index is 11.2. The number of hydrogen-bond donors (Lipinski definition) is 0. The van der Waals surface area contributed by atoms with E-state index in [2.05, 4.69) is 0 Å². The molecule has 0 aromatic heterocycles. The third-order valence-corrected chi connectivity index (χ3v) is 2.03. The van der Waals surface area contributed by atoms with E-state index in [0.717, 1.165) is 6.07 Å². The zero-order chi connectivity index (χ0) is 12.3. The third-order valence-electron chi connectivity index (χ3n) is 2.03. The minimum atomic E-state index is -0.663. The molecule has 6 nitrogen and oxygen atoms in total. The first-order valence-electron chi connectivity index (χ1n) is 4.29. The fourth-order valence-corrected chi connectivity index (χ4v) is 1.33. The van der Waals surface area contributed by atoms with Gasteiger partial charge >= 0.3 is 5.69 Å². The summed E-state index contributed by atoms with van der Waals surface area (Å²) in [5.74, 6) is -0.523. The number of ether oxygens (including phenoxy) is 1. The Balaban J connectivity index is 3.60. The molecule has 1 aromatic rings. The Labute approximate surface area is 91.2 Å². The molecule has 0 atom stereocenters. The minimum absolute atomic E-state index is 0.107. The molecule has 0 fully saturated rings. The number of nitrogens with zero attached hydrogens (tertiary/aromatic N) is 2. The molecular formula is C10H8N2O4. The van der Waals surface area contributed by atoms with Crippen molar-refractivity contribution in [2.24, 2.45) is 0 Å². The van der Waals surface area contributed by atoms with Crippen molar-refractivity contribution < 1.29 is 14.5 Å². The molecular weight excluding hydrogens is 212 g/mol. The smallest absolute Gasteiger partial charge is 0.312 e. The van der Waals surface area contributed by atoms with Gasteiger partial charge in [-0.25, -0.2) is 0 Å². The summed E-state index contributed by atoms with van der Waals surface area (Å²) in [6.45, 7) is 1.28. The first kappa shape index (κ1) is 11.7. The lowest BCUT2D eigenvalue weighted by molar-refractivity contribution is -0.385. The molecule has 1 aromatic carbocycles. The Morgan fingerprint density at radius 2 is 2.19 bits per heavy atom. The van der Waals surface area contributed by atoms with E-state index in [1.807, 2.05) is 0 Å². The van der Waals surface area contributed by atoms with Crippen molar-refractivity contribution in [2.45, 2.75) is 6.92 Å². The van der Waals surface area contributed by atoms with Gasteiger partial charge in [-0.3, -0.25) is 14.9 Å². The molecule has 82 valence electrons. The first-order valence-corrected chi connectivity index (χ1v) is 4.29. The summed E-state index contributed by atoms with van der Waals surface area (Å²) < 4.78 is 4.80. The molecule has 0 unspecified atom stereocenters. The monoisotopic (exact) mass is 220 g/mol. The van der Waals surface area contributed by atoms with Gasteiger partial charge < -0.3 is 4.74 Å². The van der Waals surface area contributed by atoms with Gasteiger partial charge in [0.25, 0.3) is 0 Å². The van der Waals surface area contributed by atoms with E-state index in [0.29, 0.717) is 0 Å². The molecule has 1 rings (SSSR count). The Morgan fingerprint density at radius 1 is 1.56 bits per heavy atom. The van der Waals surface area contributed by atoms with Gasteiger partial charge in [-0.15, -0.1) is 0 Å². The zero-order valence-electron chi connectivity index (χ0n) is 8.68. The fourth-order valence-electron chi connectivity index (χ4n) is 1.33. The number of carbonyl (C=O) groups excluding carboxylic acids is 1. The van der Waals surface area contributed by atoms with Crippen molar-refractivity contribution in [3.05, 3.63) is 33.4 Å². The van der Waals surface area contributed by atoms with Gasteiger partial charge in [0.15, 0.2) is 5.78 Å². The standard InChI is InChI=1S/C10H8N2O4/c1-6(13)7-3-4-9(12(14)15)10(16-2)8(7)5-11/h3-4H,1-2H3. The van der Waals surface area contributed by atoms with Crippen LogP contribution in [0, 0.1) is 21.4 Å². The van der Waals surface area contributed by atoms with E-state index in [9.17, 15) is 14.9 Å². The highest BCUT2D eigenvalue weighted by Crippen LogP contribution is 2.32. The van der Waals surface area contributed by atoms with Gasteiger partial charge in [-0.2, -0.15) is 5.26 Å². The van der Waals surface area contributed by atoms with Crippen LogP contribution >= 0.6 is 0 Å². The molecule has 0 radical (unpaired) electrons. The van der Waals surface area contributed by atoms with Crippen LogP contribution < -0.4 is 4.74 Å². The van der Waals surface area contributed by atoms with Gasteiger partial charge in [0.1, 0.15) is 11.6 Å². The van der Waals surface area contributed by atoms with Crippen LogP contribution in [0.2, 0.25) is 0 Å². The van der Waals surface area contributed by atoms with Crippen LogP contribution in [0.15, 0.2) is 12.1 Å². The summed E-state index contributed by atoms with van der Waals surface area (Å²) >= 11 is 0. The van der Waals surface area contributed by atoms with E-state index >= 15 is 0 Å². The number of nitriles is 1. The number of hydrogen-bond acceptors (Lipinski definition) is 5. The molecule has 0 aliphatic rings. The van der Waals surface area contributed by atoms with Crippen LogP contribution in [0.1, 0.15) is 22.8 Å². The second kappa shape index (κ2) is 4.40. The predicted molar refractivity (Wildman–Crippen MR) is 54.4 cm³/mol. The minimum Gasteiger partial charge on any atom is -0.489 e. The summed E-state index contributed by atoms with van der Waals surface area (Å²) in [6.07, 6.45) is 0. The summed E-state index contributed by atoms with van der Waals surface area (Å²) in [4.78, 5) is 21.2. The number of ketones is 1. The van der Waals surface area contributed by atoms with Crippen molar-refractivity contribution in [3.8, 4) is 11.8 Å². The number of benzene rings is 1. The summed E-state index contributed by atoms with van der Waals surface area (Å²) in [7, 11) is 1.22. The molecule has 0 saturated heterocycles. The summed E-state index contributed by atoms with van der Waals surface area (Å²) in [6, 6.07) is 4.14. The molecule has 0 saturated carbocycles. The zero-order valence-corrected chi connectivity index (χ0v) is 8.68. The molecule has 0 bridgehead atoms. The molecule has 6 heteroatoms. The van der Waals surface area contributed by atoms with E-state index in [1.165, 1.54) is 20.1 Å². The van der Waals surface area contributed by atoms with Crippen molar-refractivity contribution >= 4 is 11.5 Å². The highest BCUT2D eigenvalue weighted by Gasteiger charge is 2.23. The van der Waals surface area contributed by atoms with Crippen molar-refractivity contribution in [1.29, 1.82) is 5.26 Å². The molecule has 0 aliphatic carbocycles. The number of rotatable bonds is 3. The second-order valence-electron chi connectivity index (χ2n) is 2.97. The maximum Gasteiger partial charge on any atom is 0.312 e. The molecule has 0 heterocycles. The van der Waals surface area contributed by atoms with Gasteiger partial charge in [-0.05, 0) is 13.0 Å². The Hall–Kier alpha value is -2.42. The topological polar surface area (TPSA) is 93.2 Å². The second-order valence-corrected chi connectivity index (χ2v) is 2.97. The van der Waals surface area contributed by atoms with Gasteiger partial charge in [0, 0.05) is 11.6 Å². The van der Waals surface area contributed by atoms with E-state index < -0.39 is 4.92 Å². The molecule has 0 aliphatic heterocycles.